The van der Waals surface area contributed by atoms with Gasteiger partial charge >= 0.3 is 0 Å². The first-order chi connectivity index (χ1) is 15.7. The van der Waals surface area contributed by atoms with Gasteiger partial charge in [0, 0.05) is 30.8 Å². The van der Waals surface area contributed by atoms with Crippen molar-refractivity contribution in [3.05, 3.63) is 65.5 Å². The zero-order valence-corrected chi connectivity index (χ0v) is 19.0. The van der Waals surface area contributed by atoms with E-state index in [9.17, 15) is 0 Å². The minimum absolute atomic E-state index is 0.528. The summed E-state index contributed by atoms with van der Waals surface area (Å²) in [4.78, 5) is 8.96. The third kappa shape index (κ3) is 7.09. The number of aliphatic imine (C=N–C) groups is 1. The summed E-state index contributed by atoms with van der Waals surface area (Å²) in [5, 5.41) is 13.5. The second-order valence-electron chi connectivity index (χ2n) is 7.24. The number of aryl methyl sites for hydroxylation is 1. The highest BCUT2D eigenvalue weighted by Crippen LogP contribution is 2.20. The van der Waals surface area contributed by atoms with Crippen LogP contribution in [0, 0.1) is 6.92 Å². The molecule has 0 amide bonds. The highest BCUT2D eigenvalue weighted by Gasteiger charge is 2.07. The summed E-state index contributed by atoms with van der Waals surface area (Å²) in [5.74, 6) is 2.36. The van der Waals surface area contributed by atoms with Gasteiger partial charge in [0.25, 0.3) is 0 Å². The van der Waals surface area contributed by atoms with E-state index < -0.39 is 0 Å². The van der Waals surface area contributed by atoms with Gasteiger partial charge in [-0.2, -0.15) is 5.10 Å². The lowest BCUT2D eigenvalue weighted by molar-refractivity contribution is 0.110. The molecular formula is C24H32N6O2. The molecule has 3 N–H and O–H groups in total. The quantitative estimate of drug-likeness (QED) is 0.242. The number of ether oxygens (including phenoxy) is 2. The smallest absolute Gasteiger partial charge is 0.191 e. The highest BCUT2D eigenvalue weighted by molar-refractivity contribution is 5.79. The molecule has 8 heteroatoms. The summed E-state index contributed by atoms with van der Waals surface area (Å²) in [6, 6.07) is 14.4. The van der Waals surface area contributed by atoms with Crippen LogP contribution >= 0.6 is 0 Å². The Morgan fingerprint density at radius 2 is 2.00 bits per heavy atom. The minimum atomic E-state index is 0.528. The van der Waals surface area contributed by atoms with Gasteiger partial charge in [0.15, 0.2) is 11.8 Å². The van der Waals surface area contributed by atoms with Crippen molar-refractivity contribution in [2.24, 2.45) is 4.99 Å². The highest BCUT2D eigenvalue weighted by atomic mass is 16.5. The van der Waals surface area contributed by atoms with Crippen LogP contribution in [-0.4, -0.2) is 47.5 Å². The zero-order chi connectivity index (χ0) is 22.6. The topological polar surface area (TPSA) is 96.5 Å². The Balaban J connectivity index is 1.64. The van der Waals surface area contributed by atoms with Crippen LogP contribution in [-0.2, 0) is 17.8 Å². The molecule has 0 aliphatic carbocycles. The summed E-state index contributed by atoms with van der Waals surface area (Å²) >= 11 is 0. The lowest BCUT2D eigenvalue weighted by Crippen LogP contribution is -2.36. The van der Waals surface area contributed by atoms with E-state index in [0.717, 1.165) is 46.3 Å². The third-order valence-electron chi connectivity index (χ3n) is 4.74. The maximum Gasteiger partial charge on any atom is 0.191 e. The molecule has 0 spiro atoms. The van der Waals surface area contributed by atoms with Crippen LogP contribution in [0.3, 0.4) is 0 Å². The number of nitrogens with one attached hydrogen (secondary N) is 3. The van der Waals surface area contributed by atoms with Crippen LogP contribution in [0.25, 0.3) is 11.4 Å². The van der Waals surface area contributed by atoms with E-state index in [4.69, 9.17) is 14.5 Å². The van der Waals surface area contributed by atoms with Gasteiger partial charge < -0.3 is 20.1 Å². The molecule has 0 aliphatic rings. The Bertz CT molecular complexity index is 988. The summed E-state index contributed by atoms with van der Waals surface area (Å²) < 4.78 is 11.3. The molecule has 0 radical (unpaired) electrons. The molecule has 8 nitrogen and oxygen atoms in total. The van der Waals surface area contributed by atoms with Gasteiger partial charge in [0.05, 0.1) is 13.2 Å². The van der Waals surface area contributed by atoms with Crippen LogP contribution in [0.5, 0.6) is 5.75 Å². The molecule has 0 bridgehead atoms. The van der Waals surface area contributed by atoms with E-state index in [-0.39, 0.29) is 0 Å². The van der Waals surface area contributed by atoms with E-state index in [2.05, 4.69) is 70.0 Å². The number of aromatic nitrogens is 3. The molecule has 1 heterocycles. The number of guanidine groups is 1. The first-order valence-corrected chi connectivity index (χ1v) is 11.0. The van der Waals surface area contributed by atoms with Crippen LogP contribution < -0.4 is 15.4 Å². The number of benzene rings is 2. The molecule has 0 unspecified atom stereocenters. The van der Waals surface area contributed by atoms with Crippen molar-refractivity contribution in [1.82, 2.24) is 25.8 Å². The average Bonchev–Trinajstić information content (AvgIpc) is 3.35. The Morgan fingerprint density at radius 3 is 2.78 bits per heavy atom. The average molecular weight is 437 g/mol. The lowest BCUT2D eigenvalue weighted by Gasteiger charge is -2.15. The van der Waals surface area contributed by atoms with E-state index in [0.29, 0.717) is 32.9 Å². The summed E-state index contributed by atoms with van der Waals surface area (Å²) in [5.41, 5.74) is 4.31. The molecule has 0 saturated carbocycles. The van der Waals surface area contributed by atoms with Gasteiger partial charge in [0.2, 0.25) is 0 Å². The van der Waals surface area contributed by atoms with Gasteiger partial charge in [0.1, 0.15) is 18.7 Å². The zero-order valence-electron chi connectivity index (χ0n) is 19.0. The Morgan fingerprint density at radius 1 is 1.09 bits per heavy atom. The fraction of sp³-hybridized carbons (Fsp3) is 0.375. The molecule has 1 aromatic heterocycles. The minimum Gasteiger partial charge on any atom is -0.491 e. The van der Waals surface area contributed by atoms with Crippen molar-refractivity contribution in [1.29, 1.82) is 0 Å². The standard InChI is InChI=1S/C24H32N6O2/c1-4-25-24(26-15-19-7-6-8-20(14-19)23-28-17-29-30-23)27-16-21-10-9-18(3)13-22(21)32-12-11-31-5-2/h6-10,13-14,17H,4-5,11-12,15-16H2,1-3H3,(H2,25,26,27)(H,28,29,30). The summed E-state index contributed by atoms with van der Waals surface area (Å²) in [6.07, 6.45) is 1.51. The van der Waals surface area contributed by atoms with E-state index >= 15 is 0 Å². The predicted molar refractivity (Wildman–Crippen MR) is 127 cm³/mol. The molecule has 32 heavy (non-hydrogen) atoms. The first kappa shape index (κ1) is 23.3. The molecule has 0 aliphatic heterocycles. The van der Waals surface area contributed by atoms with E-state index in [1.54, 1.807) is 0 Å². The SMILES string of the molecule is CCNC(=NCc1cccc(-c2ncn[nH]2)c1)NCc1ccc(C)cc1OCCOCC. The summed E-state index contributed by atoms with van der Waals surface area (Å²) in [7, 11) is 0. The Labute approximate surface area is 189 Å². The van der Waals surface area contributed by atoms with Crippen LogP contribution in [0.4, 0.5) is 0 Å². The second kappa shape index (κ2) is 12.5. The van der Waals surface area contributed by atoms with Crippen molar-refractivity contribution in [3.63, 3.8) is 0 Å². The van der Waals surface area contributed by atoms with Crippen molar-refractivity contribution in [3.8, 4) is 17.1 Å². The van der Waals surface area contributed by atoms with Crippen molar-refractivity contribution in [2.75, 3.05) is 26.4 Å². The van der Waals surface area contributed by atoms with Gasteiger partial charge in [-0.25, -0.2) is 9.98 Å². The van der Waals surface area contributed by atoms with Crippen molar-refractivity contribution in [2.45, 2.75) is 33.9 Å². The molecule has 0 atom stereocenters. The number of hydrogen-bond donors (Lipinski definition) is 3. The summed E-state index contributed by atoms with van der Waals surface area (Å²) in [6.45, 7) is 9.81. The molecular weight excluding hydrogens is 404 g/mol. The number of aromatic amines is 1. The molecule has 3 rings (SSSR count). The molecule has 0 saturated heterocycles. The molecule has 0 fully saturated rings. The molecule has 3 aromatic rings. The second-order valence-corrected chi connectivity index (χ2v) is 7.24. The largest absolute Gasteiger partial charge is 0.491 e. The number of hydrogen-bond acceptors (Lipinski definition) is 5. The van der Waals surface area contributed by atoms with Crippen LogP contribution in [0.15, 0.2) is 53.8 Å². The van der Waals surface area contributed by atoms with Gasteiger partial charge in [-0.05, 0) is 44.0 Å². The molecule has 2 aromatic carbocycles. The Kier molecular flexibility index (Phi) is 9.06. The predicted octanol–water partition coefficient (Wildman–Crippen LogP) is 3.45. The van der Waals surface area contributed by atoms with Crippen LogP contribution in [0.2, 0.25) is 0 Å². The first-order valence-electron chi connectivity index (χ1n) is 11.0. The van der Waals surface area contributed by atoms with Crippen LogP contribution in [0.1, 0.15) is 30.5 Å². The van der Waals surface area contributed by atoms with E-state index in [1.165, 1.54) is 6.33 Å². The normalized spacial score (nSPS) is 11.4. The molecule has 170 valence electrons. The lowest BCUT2D eigenvalue weighted by atomic mass is 10.1. The number of nitrogens with zero attached hydrogens (tertiary/aromatic N) is 3. The van der Waals surface area contributed by atoms with Gasteiger partial charge in [-0.3, -0.25) is 5.10 Å². The fourth-order valence-corrected chi connectivity index (χ4v) is 3.15. The van der Waals surface area contributed by atoms with Crippen molar-refractivity contribution >= 4 is 5.96 Å². The fourth-order valence-electron chi connectivity index (χ4n) is 3.15. The monoisotopic (exact) mass is 436 g/mol. The van der Waals surface area contributed by atoms with E-state index in [1.807, 2.05) is 19.1 Å². The number of H-pyrrole nitrogens is 1. The third-order valence-corrected chi connectivity index (χ3v) is 4.74. The van der Waals surface area contributed by atoms with Gasteiger partial charge in [-0.1, -0.05) is 30.3 Å². The maximum atomic E-state index is 5.95. The maximum absolute atomic E-state index is 5.95. The Hall–Kier alpha value is -3.39. The van der Waals surface area contributed by atoms with Crippen molar-refractivity contribution < 1.29 is 9.47 Å². The number of rotatable bonds is 11. The van der Waals surface area contributed by atoms with Gasteiger partial charge in [-0.15, -0.1) is 0 Å².